The summed E-state index contributed by atoms with van der Waals surface area (Å²) < 4.78 is 0. The zero-order chi connectivity index (χ0) is 19.8. The van der Waals surface area contributed by atoms with Gasteiger partial charge in [-0.3, -0.25) is 29.0 Å². The molecule has 4 amide bonds. The molecule has 0 bridgehead atoms. The Bertz CT molecular complexity index is 979. The molecule has 2 aromatic carbocycles. The molecule has 28 heavy (non-hydrogen) atoms. The van der Waals surface area contributed by atoms with Crippen LogP contribution in [0.2, 0.25) is 0 Å². The van der Waals surface area contributed by atoms with Crippen molar-refractivity contribution in [1.82, 2.24) is 9.80 Å². The van der Waals surface area contributed by atoms with Gasteiger partial charge in [0, 0.05) is 25.8 Å². The van der Waals surface area contributed by atoms with Crippen molar-refractivity contribution in [2.75, 3.05) is 25.5 Å². The minimum Gasteiger partial charge on any atom is -0.384 e. The summed E-state index contributed by atoms with van der Waals surface area (Å²) in [6.45, 7) is 0.909. The van der Waals surface area contributed by atoms with E-state index in [1.165, 1.54) is 11.9 Å². The minimum atomic E-state index is -0.311. The second kappa shape index (κ2) is 6.92. The summed E-state index contributed by atoms with van der Waals surface area (Å²) in [5.41, 5.74) is 2.34. The Morgan fingerprint density at radius 3 is 2.07 bits per heavy atom. The summed E-state index contributed by atoms with van der Waals surface area (Å²) in [7, 11) is 1.47. The highest BCUT2D eigenvalue weighted by molar-refractivity contribution is 6.23. The molecule has 0 atom stereocenters. The van der Waals surface area contributed by atoms with Gasteiger partial charge in [0.05, 0.1) is 22.3 Å². The van der Waals surface area contributed by atoms with E-state index in [4.69, 9.17) is 0 Å². The highest BCUT2D eigenvalue weighted by Crippen LogP contribution is 2.28. The van der Waals surface area contributed by atoms with Crippen LogP contribution in [-0.2, 0) is 0 Å². The van der Waals surface area contributed by atoms with Crippen molar-refractivity contribution in [2.45, 2.75) is 12.8 Å². The molecule has 2 heterocycles. The van der Waals surface area contributed by atoms with E-state index in [0.29, 0.717) is 53.9 Å². The van der Waals surface area contributed by atoms with E-state index in [1.54, 1.807) is 42.5 Å². The van der Waals surface area contributed by atoms with Gasteiger partial charge >= 0.3 is 0 Å². The maximum atomic E-state index is 12.3. The number of hydrogen-bond acceptors (Lipinski definition) is 5. The predicted octanol–water partition coefficient (Wildman–Crippen LogP) is 2.40. The van der Waals surface area contributed by atoms with E-state index < -0.39 is 0 Å². The zero-order valence-electron chi connectivity index (χ0n) is 15.4. The molecule has 0 spiro atoms. The monoisotopic (exact) mass is 377 g/mol. The molecule has 2 aliphatic heterocycles. The number of unbranched alkanes of at least 4 members (excludes halogenated alkanes) is 1. The van der Waals surface area contributed by atoms with Gasteiger partial charge in [0.1, 0.15) is 0 Å². The predicted molar refractivity (Wildman–Crippen MR) is 102 cm³/mol. The number of nitrogens with one attached hydrogen (secondary N) is 1. The van der Waals surface area contributed by atoms with E-state index in [2.05, 4.69) is 5.32 Å². The summed E-state index contributed by atoms with van der Waals surface area (Å²) in [6.07, 6.45) is 1.34. The number of rotatable bonds is 6. The fourth-order valence-corrected chi connectivity index (χ4v) is 3.61. The highest BCUT2D eigenvalue weighted by atomic mass is 16.2. The Labute approximate surface area is 161 Å². The Kier molecular flexibility index (Phi) is 4.43. The number of nitrogens with zero attached hydrogens (tertiary/aromatic N) is 2. The molecular weight excluding hydrogens is 358 g/mol. The standard InChI is InChI=1S/C21H19N3O4/c1-23-18(25)15-9-6-10-16(17(15)21(23)28)22-11-4-5-12-24-19(26)13-7-2-3-8-14(13)20(24)27/h2-3,6-10,22H,4-5,11-12H2,1H3. The third kappa shape index (κ3) is 2.76. The van der Waals surface area contributed by atoms with Crippen LogP contribution in [0.5, 0.6) is 0 Å². The molecule has 7 nitrogen and oxygen atoms in total. The van der Waals surface area contributed by atoms with Crippen molar-refractivity contribution < 1.29 is 19.2 Å². The molecule has 0 unspecified atom stereocenters. The van der Waals surface area contributed by atoms with Gasteiger partial charge in [-0.2, -0.15) is 0 Å². The third-order valence-electron chi connectivity index (χ3n) is 5.12. The van der Waals surface area contributed by atoms with Crippen molar-refractivity contribution in [1.29, 1.82) is 0 Å². The van der Waals surface area contributed by atoms with E-state index in [-0.39, 0.29) is 23.6 Å². The number of carbonyl (C=O) groups excluding carboxylic acids is 4. The average Bonchev–Trinajstić information content (AvgIpc) is 3.09. The van der Waals surface area contributed by atoms with Crippen LogP contribution >= 0.6 is 0 Å². The first-order valence-electron chi connectivity index (χ1n) is 9.15. The molecule has 0 radical (unpaired) electrons. The molecule has 0 saturated carbocycles. The normalized spacial score (nSPS) is 15.3. The second-order valence-corrected chi connectivity index (χ2v) is 6.84. The lowest BCUT2D eigenvalue weighted by atomic mass is 10.1. The number of amides is 4. The molecule has 1 N–H and O–H groups in total. The van der Waals surface area contributed by atoms with Gasteiger partial charge in [0.25, 0.3) is 23.6 Å². The average molecular weight is 377 g/mol. The van der Waals surface area contributed by atoms with Crippen molar-refractivity contribution in [2.24, 2.45) is 0 Å². The quantitative estimate of drug-likeness (QED) is 0.617. The van der Waals surface area contributed by atoms with Gasteiger partial charge in [-0.1, -0.05) is 18.2 Å². The second-order valence-electron chi connectivity index (χ2n) is 6.84. The SMILES string of the molecule is CN1C(=O)c2cccc(NCCCCN3C(=O)c4ccccc4C3=O)c2C1=O. The Balaban J connectivity index is 1.33. The van der Waals surface area contributed by atoms with Crippen LogP contribution in [0.25, 0.3) is 0 Å². The molecule has 4 rings (SSSR count). The van der Waals surface area contributed by atoms with Crippen LogP contribution in [0, 0.1) is 0 Å². The van der Waals surface area contributed by atoms with Crippen LogP contribution < -0.4 is 5.32 Å². The van der Waals surface area contributed by atoms with Crippen LogP contribution in [0.15, 0.2) is 42.5 Å². The van der Waals surface area contributed by atoms with Crippen molar-refractivity contribution >= 4 is 29.3 Å². The molecule has 2 aliphatic rings. The molecule has 0 fully saturated rings. The number of carbonyl (C=O) groups is 4. The number of hydrogen-bond donors (Lipinski definition) is 1. The first kappa shape index (κ1) is 17.9. The molecule has 0 saturated heterocycles. The summed E-state index contributed by atoms with van der Waals surface area (Å²) in [5, 5.41) is 3.19. The van der Waals surface area contributed by atoms with Gasteiger partial charge < -0.3 is 5.32 Å². The highest BCUT2D eigenvalue weighted by Gasteiger charge is 2.35. The Hall–Kier alpha value is -3.48. The fraction of sp³-hybridized carbons (Fsp3) is 0.238. The number of benzene rings is 2. The minimum absolute atomic E-state index is 0.249. The van der Waals surface area contributed by atoms with E-state index in [1.807, 2.05) is 0 Å². The van der Waals surface area contributed by atoms with Crippen LogP contribution in [-0.4, -0.2) is 53.6 Å². The Morgan fingerprint density at radius 2 is 1.39 bits per heavy atom. The number of anilines is 1. The maximum Gasteiger partial charge on any atom is 0.263 e. The molecule has 142 valence electrons. The van der Waals surface area contributed by atoms with Crippen LogP contribution in [0.1, 0.15) is 54.3 Å². The van der Waals surface area contributed by atoms with Crippen molar-refractivity contribution in [3.63, 3.8) is 0 Å². The van der Waals surface area contributed by atoms with Crippen molar-refractivity contribution in [3.8, 4) is 0 Å². The van der Waals surface area contributed by atoms with Crippen LogP contribution in [0.3, 0.4) is 0 Å². The molecule has 7 heteroatoms. The molecule has 0 aromatic heterocycles. The lowest BCUT2D eigenvalue weighted by molar-refractivity contribution is 0.0646. The van der Waals surface area contributed by atoms with Crippen LogP contribution in [0.4, 0.5) is 5.69 Å². The summed E-state index contributed by atoms with van der Waals surface area (Å²) in [5.74, 6) is -1.11. The zero-order valence-corrected chi connectivity index (χ0v) is 15.4. The number of imide groups is 2. The van der Waals surface area contributed by atoms with Gasteiger partial charge in [-0.05, 0) is 37.1 Å². The first-order chi connectivity index (χ1) is 13.5. The lowest BCUT2D eigenvalue weighted by Crippen LogP contribution is -2.30. The maximum absolute atomic E-state index is 12.3. The van der Waals surface area contributed by atoms with E-state index in [9.17, 15) is 19.2 Å². The first-order valence-corrected chi connectivity index (χ1v) is 9.15. The fourth-order valence-electron chi connectivity index (χ4n) is 3.61. The molecule has 0 aliphatic carbocycles. The summed E-state index contributed by atoms with van der Waals surface area (Å²) in [4.78, 5) is 51.4. The lowest BCUT2D eigenvalue weighted by Gasteiger charge is -2.14. The van der Waals surface area contributed by atoms with Gasteiger partial charge in [-0.15, -0.1) is 0 Å². The third-order valence-corrected chi connectivity index (χ3v) is 5.12. The Morgan fingerprint density at radius 1 is 0.750 bits per heavy atom. The van der Waals surface area contributed by atoms with Gasteiger partial charge in [0.2, 0.25) is 0 Å². The summed E-state index contributed by atoms with van der Waals surface area (Å²) in [6, 6.07) is 12.0. The molecular formula is C21H19N3O4. The number of fused-ring (bicyclic) bond motifs is 2. The van der Waals surface area contributed by atoms with E-state index >= 15 is 0 Å². The summed E-state index contributed by atoms with van der Waals surface area (Å²) >= 11 is 0. The smallest absolute Gasteiger partial charge is 0.263 e. The van der Waals surface area contributed by atoms with Gasteiger partial charge in [0.15, 0.2) is 0 Å². The van der Waals surface area contributed by atoms with Gasteiger partial charge in [-0.25, -0.2) is 0 Å². The largest absolute Gasteiger partial charge is 0.384 e. The molecule has 2 aromatic rings. The van der Waals surface area contributed by atoms with Crippen molar-refractivity contribution in [3.05, 3.63) is 64.7 Å². The topological polar surface area (TPSA) is 86.8 Å². The van der Waals surface area contributed by atoms with E-state index in [0.717, 1.165) is 4.90 Å².